The minimum Gasteiger partial charge on any atom is -0.466 e. The number of carbonyl (C=O) groups is 2. The van der Waals surface area contributed by atoms with Crippen LogP contribution in [0.2, 0.25) is 0 Å². The first-order valence-electron chi connectivity index (χ1n) is 7.25. The monoisotopic (exact) mass is 301 g/mol. The van der Waals surface area contributed by atoms with Crippen LogP contribution >= 0.6 is 0 Å². The topological polar surface area (TPSA) is 68.5 Å². The molecule has 1 aromatic heterocycles. The summed E-state index contributed by atoms with van der Waals surface area (Å²) in [6.45, 7) is 2.31. The highest BCUT2D eigenvalue weighted by molar-refractivity contribution is 5.92. The van der Waals surface area contributed by atoms with Crippen LogP contribution in [-0.4, -0.2) is 18.5 Å². The number of rotatable bonds is 7. The molecule has 0 spiro atoms. The van der Waals surface area contributed by atoms with Crippen molar-refractivity contribution in [2.75, 3.05) is 6.61 Å². The molecule has 1 atom stereocenters. The fourth-order valence-corrected chi connectivity index (χ4v) is 2.02. The number of esters is 1. The first-order valence-corrected chi connectivity index (χ1v) is 7.25. The lowest BCUT2D eigenvalue weighted by Crippen LogP contribution is -2.30. The highest BCUT2D eigenvalue weighted by Crippen LogP contribution is 2.18. The molecular weight excluding hydrogens is 282 g/mol. The van der Waals surface area contributed by atoms with Crippen LogP contribution in [0.3, 0.4) is 0 Å². The van der Waals surface area contributed by atoms with Gasteiger partial charge in [0.25, 0.3) is 5.91 Å². The number of amides is 1. The van der Waals surface area contributed by atoms with Crippen molar-refractivity contribution in [3.63, 3.8) is 0 Å². The summed E-state index contributed by atoms with van der Waals surface area (Å²) in [6, 6.07) is 12.1. The third-order valence-corrected chi connectivity index (χ3v) is 3.09. The van der Waals surface area contributed by atoms with E-state index in [4.69, 9.17) is 9.15 Å². The molecule has 0 saturated carbocycles. The molecule has 0 aliphatic heterocycles. The zero-order valence-electron chi connectivity index (χ0n) is 12.5. The lowest BCUT2D eigenvalue weighted by Gasteiger charge is -2.18. The van der Waals surface area contributed by atoms with E-state index in [1.807, 2.05) is 37.3 Å². The van der Waals surface area contributed by atoms with Gasteiger partial charge in [0, 0.05) is 0 Å². The van der Waals surface area contributed by atoms with Gasteiger partial charge in [-0.25, -0.2) is 0 Å². The standard InChI is InChI=1S/C17H19NO4/c1-2-10-22-16(19)12-14(13-7-4-3-5-8-13)18-17(20)15-9-6-11-21-15/h3-9,11,14H,2,10,12H2,1H3,(H,18,20). The Balaban J connectivity index is 2.08. The SMILES string of the molecule is CCCOC(=O)CC(NC(=O)c1ccco1)c1ccccc1. The van der Waals surface area contributed by atoms with E-state index in [9.17, 15) is 9.59 Å². The molecule has 2 rings (SSSR count). The summed E-state index contributed by atoms with van der Waals surface area (Å²) >= 11 is 0. The van der Waals surface area contributed by atoms with Gasteiger partial charge in [0.1, 0.15) is 0 Å². The maximum absolute atomic E-state index is 12.1. The number of nitrogens with one attached hydrogen (secondary N) is 1. The zero-order chi connectivity index (χ0) is 15.8. The fourth-order valence-electron chi connectivity index (χ4n) is 2.02. The Labute approximate surface area is 129 Å². The number of hydrogen-bond donors (Lipinski definition) is 1. The Morgan fingerprint density at radius 3 is 2.59 bits per heavy atom. The molecule has 1 unspecified atom stereocenters. The first-order chi connectivity index (χ1) is 10.7. The predicted molar refractivity (Wildman–Crippen MR) is 81.2 cm³/mol. The lowest BCUT2D eigenvalue weighted by molar-refractivity contribution is -0.144. The van der Waals surface area contributed by atoms with Crippen LogP contribution in [0.15, 0.2) is 53.1 Å². The average molecular weight is 301 g/mol. The van der Waals surface area contributed by atoms with Gasteiger partial charge in [-0.05, 0) is 24.1 Å². The van der Waals surface area contributed by atoms with Crippen LogP contribution in [0, 0.1) is 0 Å². The van der Waals surface area contributed by atoms with Gasteiger partial charge in [-0.3, -0.25) is 9.59 Å². The van der Waals surface area contributed by atoms with Crippen molar-refractivity contribution >= 4 is 11.9 Å². The number of carbonyl (C=O) groups excluding carboxylic acids is 2. The molecule has 5 nitrogen and oxygen atoms in total. The highest BCUT2D eigenvalue weighted by Gasteiger charge is 2.21. The van der Waals surface area contributed by atoms with E-state index in [2.05, 4.69) is 5.32 Å². The molecule has 0 aliphatic rings. The van der Waals surface area contributed by atoms with Crippen LogP contribution in [0.5, 0.6) is 0 Å². The van der Waals surface area contributed by atoms with Crippen molar-refractivity contribution in [2.24, 2.45) is 0 Å². The Bertz CT molecular complexity index is 592. The molecule has 0 saturated heterocycles. The Hall–Kier alpha value is -2.56. The molecule has 116 valence electrons. The van der Waals surface area contributed by atoms with Gasteiger partial charge in [0.05, 0.1) is 25.3 Å². The molecule has 0 fully saturated rings. The quantitative estimate of drug-likeness (QED) is 0.798. The van der Waals surface area contributed by atoms with Gasteiger partial charge in [0.2, 0.25) is 0 Å². The van der Waals surface area contributed by atoms with Crippen molar-refractivity contribution in [3.8, 4) is 0 Å². The summed E-state index contributed by atoms with van der Waals surface area (Å²) in [7, 11) is 0. The summed E-state index contributed by atoms with van der Waals surface area (Å²) in [5.41, 5.74) is 0.843. The van der Waals surface area contributed by atoms with Crippen LogP contribution in [-0.2, 0) is 9.53 Å². The van der Waals surface area contributed by atoms with Gasteiger partial charge in [0.15, 0.2) is 5.76 Å². The molecule has 0 aliphatic carbocycles. The molecule has 0 radical (unpaired) electrons. The van der Waals surface area contributed by atoms with Crippen LogP contribution in [0.1, 0.15) is 41.9 Å². The normalized spacial score (nSPS) is 11.7. The molecule has 5 heteroatoms. The number of hydrogen-bond acceptors (Lipinski definition) is 4. The van der Waals surface area contributed by atoms with E-state index in [1.54, 1.807) is 12.1 Å². The number of benzene rings is 1. The highest BCUT2D eigenvalue weighted by atomic mass is 16.5. The summed E-state index contributed by atoms with van der Waals surface area (Å²) in [4.78, 5) is 24.0. The minimum absolute atomic E-state index is 0.0798. The molecule has 0 bridgehead atoms. The second kappa shape index (κ2) is 8.02. The van der Waals surface area contributed by atoms with Crippen molar-refractivity contribution in [1.29, 1.82) is 0 Å². The van der Waals surface area contributed by atoms with Gasteiger partial charge in [-0.2, -0.15) is 0 Å². The third-order valence-electron chi connectivity index (χ3n) is 3.09. The largest absolute Gasteiger partial charge is 0.466 e. The lowest BCUT2D eigenvalue weighted by atomic mass is 10.0. The smallest absolute Gasteiger partial charge is 0.308 e. The predicted octanol–water partition coefficient (Wildman–Crippen LogP) is 3.09. The first kappa shape index (κ1) is 15.8. The average Bonchev–Trinajstić information content (AvgIpc) is 3.07. The van der Waals surface area contributed by atoms with E-state index < -0.39 is 6.04 Å². The summed E-state index contributed by atoms with van der Waals surface area (Å²) in [5, 5.41) is 2.81. The maximum Gasteiger partial charge on any atom is 0.308 e. The summed E-state index contributed by atoms with van der Waals surface area (Å²) in [5.74, 6) is -0.486. The molecule has 22 heavy (non-hydrogen) atoms. The van der Waals surface area contributed by atoms with Crippen LogP contribution < -0.4 is 5.32 Å². The number of ether oxygens (including phenoxy) is 1. The van der Waals surface area contributed by atoms with Gasteiger partial charge < -0.3 is 14.5 Å². The van der Waals surface area contributed by atoms with Gasteiger partial charge in [-0.1, -0.05) is 37.3 Å². The molecule has 1 amide bonds. The van der Waals surface area contributed by atoms with Gasteiger partial charge >= 0.3 is 5.97 Å². The minimum atomic E-state index is -0.455. The maximum atomic E-state index is 12.1. The van der Waals surface area contributed by atoms with E-state index in [0.29, 0.717) is 6.61 Å². The molecule has 2 aromatic rings. The van der Waals surface area contributed by atoms with Crippen molar-refractivity contribution < 1.29 is 18.7 Å². The molecular formula is C17H19NO4. The van der Waals surface area contributed by atoms with Gasteiger partial charge in [-0.15, -0.1) is 0 Å². The van der Waals surface area contributed by atoms with Crippen LogP contribution in [0.4, 0.5) is 0 Å². The number of furan rings is 1. The second-order valence-corrected chi connectivity index (χ2v) is 4.84. The molecule has 1 aromatic carbocycles. The van der Waals surface area contributed by atoms with E-state index in [1.165, 1.54) is 6.26 Å². The fraction of sp³-hybridized carbons (Fsp3) is 0.294. The van der Waals surface area contributed by atoms with Crippen molar-refractivity contribution in [2.45, 2.75) is 25.8 Å². The third kappa shape index (κ3) is 4.48. The zero-order valence-corrected chi connectivity index (χ0v) is 12.5. The van der Waals surface area contributed by atoms with E-state index in [-0.39, 0.29) is 24.1 Å². The molecule has 1 heterocycles. The summed E-state index contributed by atoms with van der Waals surface area (Å²) < 4.78 is 10.2. The van der Waals surface area contributed by atoms with Crippen LogP contribution in [0.25, 0.3) is 0 Å². The molecule has 1 N–H and O–H groups in total. The van der Waals surface area contributed by atoms with E-state index >= 15 is 0 Å². The Kier molecular flexibility index (Phi) is 5.77. The van der Waals surface area contributed by atoms with Crippen molar-refractivity contribution in [1.82, 2.24) is 5.32 Å². The van der Waals surface area contributed by atoms with E-state index in [0.717, 1.165) is 12.0 Å². The summed E-state index contributed by atoms with van der Waals surface area (Å²) in [6.07, 6.45) is 2.28. The van der Waals surface area contributed by atoms with Crippen molar-refractivity contribution in [3.05, 3.63) is 60.1 Å². The Morgan fingerprint density at radius 1 is 1.18 bits per heavy atom. The second-order valence-electron chi connectivity index (χ2n) is 4.84. The Morgan fingerprint density at radius 2 is 1.95 bits per heavy atom.